The highest BCUT2D eigenvalue weighted by molar-refractivity contribution is 5.86. The van der Waals surface area contributed by atoms with Gasteiger partial charge in [0.2, 0.25) is 0 Å². The van der Waals surface area contributed by atoms with Crippen molar-refractivity contribution in [3.8, 4) is 0 Å². The number of hydrogen-bond donors (Lipinski definition) is 4. The summed E-state index contributed by atoms with van der Waals surface area (Å²) in [6.45, 7) is 4.46. The third kappa shape index (κ3) is 7.57. The molecule has 2 unspecified atom stereocenters. The number of aliphatic carboxylic acids is 2. The molecule has 0 saturated carbocycles. The van der Waals surface area contributed by atoms with Crippen LogP contribution in [0.3, 0.4) is 0 Å². The van der Waals surface area contributed by atoms with E-state index in [9.17, 15) is 14.4 Å². The van der Waals surface area contributed by atoms with Crippen molar-refractivity contribution in [3.63, 3.8) is 0 Å². The maximum absolute atomic E-state index is 11.7. The second-order valence-electron chi connectivity index (χ2n) is 5.22. The van der Waals surface area contributed by atoms with Gasteiger partial charge in [0, 0.05) is 12.6 Å². The highest BCUT2D eigenvalue weighted by atomic mass is 16.4. The normalized spacial score (nSPS) is 13.9. The topological polar surface area (TPSA) is 119 Å². The first-order chi connectivity index (χ1) is 9.13. The fraction of sp³-hybridized carbons (Fsp3) is 0.750. The Hall–Kier alpha value is -1.83. The maximum Gasteiger partial charge on any atom is 0.326 e. The van der Waals surface area contributed by atoms with E-state index in [0.29, 0.717) is 6.54 Å². The van der Waals surface area contributed by atoms with E-state index in [1.165, 1.54) is 0 Å². The van der Waals surface area contributed by atoms with Crippen molar-refractivity contribution in [1.29, 1.82) is 0 Å². The SMILES string of the molecule is CC(C)C(CN(C)C)NC(=O)NC(CC(=O)O)C(=O)O. The van der Waals surface area contributed by atoms with Crippen LogP contribution in [-0.4, -0.2) is 65.8 Å². The Kier molecular flexibility index (Phi) is 7.60. The molecule has 0 rings (SSSR count). The monoisotopic (exact) mass is 289 g/mol. The smallest absolute Gasteiger partial charge is 0.326 e. The summed E-state index contributed by atoms with van der Waals surface area (Å²) in [6, 6.07) is -2.29. The molecule has 0 fully saturated rings. The van der Waals surface area contributed by atoms with Crippen molar-refractivity contribution in [1.82, 2.24) is 15.5 Å². The summed E-state index contributed by atoms with van der Waals surface area (Å²) >= 11 is 0. The molecule has 0 spiro atoms. The van der Waals surface area contributed by atoms with E-state index in [4.69, 9.17) is 10.2 Å². The summed E-state index contributed by atoms with van der Waals surface area (Å²) in [5, 5.41) is 22.3. The second kappa shape index (κ2) is 8.36. The van der Waals surface area contributed by atoms with Gasteiger partial charge >= 0.3 is 18.0 Å². The average Bonchev–Trinajstić information content (AvgIpc) is 2.25. The van der Waals surface area contributed by atoms with Crippen LogP contribution in [0.5, 0.6) is 0 Å². The summed E-state index contributed by atoms with van der Waals surface area (Å²) in [5.74, 6) is -2.51. The number of hydrogen-bond acceptors (Lipinski definition) is 4. The predicted octanol–water partition coefficient (Wildman–Crippen LogP) is -0.200. The van der Waals surface area contributed by atoms with Crippen LogP contribution in [0.25, 0.3) is 0 Å². The summed E-state index contributed by atoms with van der Waals surface area (Å²) in [6.07, 6.45) is -0.664. The molecular formula is C12H23N3O5. The van der Waals surface area contributed by atoms with Gasteiger partial charge in [0.05, 0.1) is 6.42 Å². The molecule has 20 heavy (non-hydrogen) atoms. The van der Waals surface area contributed by atoms with Crippen molar-refractivity contribution in [3.05, 3.63) is 0 Å². The van der Waals surface area contributed by atoms with Gasteiger partial charge in [-0.25, -0.2) is 9.59 Å². The van der Waals surface area contributed by atoms with E-state index in [0.717, 1.165) is 0 Å². The van der Waals surface area contributed by atoms with E-state index < -0.39 is 30.4 Å². The van der Waals surface area contributed by atoms with E-state index in [1.54, 1.807) is 0 Å². The molecular weight excluding hydrogens is 266 g/mol. The Labute approximate surface area is 118 Å². The molecule has 8 nitrogen and oxygen atoms in total. The largest absolute Gasteiger partial charge is 0.481 e. The third-order valence-electron chi connectivity index (χ3n) is 2.67. The van der Waals surface area contributed by atoms with Crippen molar-refractivity contribution in [2.75, 3.05) is 20.6 Å². The van der Waals surface area contributed by atoms with Gasteiger partial charge in [-0.1, -0.05) is 13.8 Å². The van der Waals surface area contributed by atoms with E-state index in [1.807, 2.05) is 32.8 Å². The molecule has 0 radical (unpaired) electrons. The number of likely N-dealkylation sites (N-methyl/N-ethyl adjacent to an activating group) is 1. The summed E-state index contributed by atoms with van der Waals surface area (Å²) in [5.41, 5.74) is 0. The first kappa shape index (κ1) is 18.2. The zero-order valence-electron chi connectivity index (χ0n) is 12.2. The van der Waals surface area contributed by atoms with Gasteiger partial charge in [-0.05, 0) is 20.0 Å². The van der Waals surface area contributed by atoms with E-state index in [2.05, 4.69) is 10.6 Å². The van der Waals surface area contributed by atoms with Gasteiger partial charge in [-0.3, -0.25) is 4.79 Å². The van der Waals surface area contributed by atoms with Crippen LogP contribution in [0.1, 0.15) is 20.3 Å². The van der Waals surface area contributed by atoms with Gasteiger partial charge in [0.15, 0.2) is 0 Å². The fourth-order valence-corrected chi connectivity index (χ4v) is 1.56. The van der Waals surface area contributed by atoms with Crippen LogP contribution >= 0.6 is 0 Å². The molecule has 2 atom stereocenters. The maximum atomic E-state index is 11.7. The average molecular weight is 289 g/mol. The molecule has 116 valence electrons. The summed E-state index contributed by atoms with van der Waals surface area (Å²) in [7, 11) is 3.72. The third-order valence-corrected chi connectivity index (χ3v) is 2.67. The molecule has 0 heterocycles. The van der Waals surface area contributed by atoms with Crippen molar-refractivity contribution < 1.29 is 24.6 Å². The predicted molar refractivity (Wildman–Crippen MR) is 72.5 cm³/mol. The molecule has 0 aromatic rings. The first-order valence-corrected chi connectivity index (χ1v) is 6.29. The van der Waals surface area contributed by atoms with Crippen LogP contribution in [0, 0.1) is 5.92 Å². The lowest BCUT2D eigenvalue weighted by Gasteiger charge is -2.26. The lowest BCUT2D eigenvalue weighted by atomic mass is 10.0. The van der Waals surface area contributed by atoms with E-state index in [-0.39, 0.29) is 12.0 Å². The van der Waals surface area contributed by atoms with Gasteiger partial charge in [0.1, 0.15) is 6.04 Å². The number of urea groups is 1. The van der Waals surface area contributed by atoms with Crippen molar-refractivity contribution in [2.45, 2.75) is 32.4 Å². The van der Waals surface area contributed by atoms with Gasteiger partial charge in [0.25, 0.3) is 0 Å². The molecule has 8 heteroatoms. The van der Waals surface area contributed by atoms with Crippen LogP contribution in [0.4, 0.5) is 4.79 Å². The Morgan fingerprint density at radius 2 is 1.65 bits per heavy atom. The number of carboxylic acids is 2. The standard InChI is InChI=1S/C12H23N3O5/c1-7(2)9(6-15(3)4)14-12(20)13-8(11(18)19)5-10(16)17/h7-9H,5-6H2,1-4H3,(H,16,17)(H,18,19)(H2,13,14,20). The Morgan fingerprint density at radius 3 is 2.00 bits per heavy atom. The Morgan fingerprint density at radius 1 is 1.10 bits per heavy atom. The van der Waals surface area contributed by atoms with Crippen molar-refractivity contribution in [2.24, 2.45) is 5.92 Å². The zero-order valence-corrected chi connectivity index (χ0v) is 12.2. The first-order valence-electron chi connectivity index (χ1n) is 6.29. The zero-order chi connectivity index (χ0) is 15.9. The molecule has 0 saturated heterocycles. The molecule has 4 N–H and O–H groups in total. The number of rotatable bonds is 8. The minimum Gasteiger partial charge on any atom is -0.481 e. The van der Waals surface area contributed by atoms with Gasteiger partial charge < -0.3 is 25.7 Å². The molecule has 0 bridgehead atoms. The van der Waals surface area contributed by atoms with E-state index >= 15 is 0 Å². The van der Waals surface area contributed by atoms with Gasteiger partial charge in [-0.15, -0.1) is 0 Å². The molecule has 0 aliphatic rings. The lowest BCUT2D eigenvalue weighted by Crippen LogP contribution is -2.53. The van der Waals surface area contributed by atoms with Crippen LogP contribution in [-0.2, 0) is 9.59 Å². The highest BCUT2D eigenvalue weighted by Gasteiger charge is 2.24. The van der Waals surface area contributed by atoms with Gasteiger partial charge in [-0.2, -0.15) is 0 Å². The minimum absolute atomic E-state index is 0.158. The van der Waals surface area contributed by atoms with Crippen molar-refractivity contribution >= 4 is 18.0 Å². The summed E-state index contributed by atoms with van der Waals surface area (Å²) in [4.78, 5) is 35.0. The number of carbonyl (C=O) groups excluding carboxylic acids is 1. The number of nitrogens with one attached hydrogen (secondary N) is 2. The number of carbonyl (C=O) groups is 3. The fourth-order valence-electron chi connectivity index (χ4n) is 1.56. The Bertz CT molecular complexity index is 357. The number of carboxylic acid groups (broad SMARTS) is 2. The number of amides is 2. The Balaban J connectivity index is 4.56. The quantitative estimate of drug-likeness (QED) is 0.491. The lowest BCUT2D eigenvalue weighted by molar-refractivity contribution is -0.145. The molecule has 0 aliphatic heterocycles. The second-order valence-corrected chi connectivity index (χ2v) is 5.22. The molecule has 0 aromatic heterocycles. The van der Waals surface area contributed by atoms with Crippen LogP contribution in [0.15, 0.2) is 0 Å². The molecule has 0 aliphatic carbocycles. The molecule has 0 aromatic carbocycles. The number of nitrogens with zero attached hydrogens (tertiary/aromatic N) is 1. The summed E-state index contributed by atoms with van der Waals surface area (Å²) < 4.78 is 0. The highest BCUT2D eigenvalue weighted by Crippen LogP contribution is 2.03. The minimum atomic E-state index is -1.44. The van der Waals surface area contributed by atoms with Crippen LogP contribution in [0.2, 0.25) is 0 Å². The molecule has 2 amide bonds. The van der Waals surface area contributed by atoms with Crippen LogP contribution < -0.4 is 10.6 Å².